The van der Waals surface area contributed by atoms with Crippen molar-refractivity contribution in [2.45, 2.75) is 22.6 Å². The van der Waals surface area contributed by atoms with Gasteiger partial charge in [-0.05, 0) is 44.3 Å². The van der Waals surface area contributed by atoms with Gasteiger partial charge in [-0.1, -0.05) is 36.0 Å². The molecule has 2 aromatic carbocycles. The van der Waals surface area contributed by atoms with Crippen LogP contribution in [0.2, 0.25) is 0 Å². The standard InChI is InChI=1S/C19H23N3OS.ClH/c1-20-12-6-13-21-19(23)11-14-22-15-7-2-4-9-17(15)24-18-10-5-3-8-16(18)22;/h2-5,7-10,20H,6,11-14H2,1H3,(H,21,23);1H. The zero-order chi connectivity index (χ0) is 16.8. The van der Waals surface area contributed by atoms with Gasteiger partial charge in [0.15, 0.2) is 0 Å². The molecule has 0 saturated carbocycles. The molecule has 3 rings (SSSR count). The van der Waals surface area contributed by atoms with E-state index in [1.165, 1.54) is 21.2 Å². The second kappa shape index (κ2) is 9.70. The summed E-state index contributed by atoms with van der Waals surface area (Å²) >= 11 is 1.79. The molecule has 0 fully saturated rings. The summed E-state index contributed by atoms with van der Waals surface area (Å²) in [6.45, 7) is 2.33. The van der Waals surface area contributed by atoms with Crippen molar-refractivity contribution in [2.75, 3.05) is 31.6 Å². The van der Waals surface area contributed by atoms with Gasteiger partial charge in [-0.15, -0.1) is 12.4 Å². The first-order valence-corrected chi connectivity index (χ1v) is 9.16. The highest BCUT2D eigenvalue weighted by Gasteiger charge is 2.22. The predicted octanol–water partition coefficient (Wildman–Crippen LogP) is 3.83. The van der Waals surface area contributed by atoms with E-state index in [-0.39, 0.29) is 18.3 Å². The van der Waals surface area contributed by atoms with Crippen LogP contribution in [-0.2, 0) is 4.79 Å². The van der Waals surface area contributed by atoms with Crippen LogP contribution >= 0.6 is 24.2 Å². The highest BCUT2D eigenvalue weighted by molar-refractivity contribution is 7.99. The van der Waals surface area contributed by atoms with E-state index < -0.39 is 0 Å². The minimum Gasteiger partial charge on any atom is -0.356 e. The molecule has 0 aromatic heterocycles. The Bertz CT molecular complexity index is 665. The smallest absolute Gasteiger partial charge is 0.221 e. The second-order valence-electron chi connectivity index (χ2n) is 5.75. The molecule has 1 heterocycles. The fraction of sp³-hybridized carbons (Fsp3) is 0.316. The average Bonchev–Trinajstić information content (AvgIpc) is 2.62. The highest BCUT2D eigenvalue weighted by Crippen LogP contribution is 2.47. The van der Waals surface area contributed by atoms with E-state index in [1.54, 1.807) is 11.8 Å². The van der Waals surface area contributed by atoms with Crippen LogP contribution in [0.1, 0.15) is 12.8 Å². The van der Waals surface area contributed by atoms with E-state index in [4.69, 9.17) is 0 Å². The third kappa shape index (κ3) is 4.91. The van der Waals surface area contributed by atoms with Crippen LogP contribution in [-0.4, -0.2) is 32.6 Å². The number of carbonyl (C=O) groups excluding carboxylic acids is 1. The van der Waals surface area contributed by atoms with E-state index in [9.17, 15) is 4.79 Å². The van der Waals surface area contributed by atoms with Gasteiger partial charge >= 0.3 is 0 Å². The number of rotatable bonds is 7. The monoisotopic (exact) mass is 377 g/mol. The Morgan fingerprint density at radius 3 is 2.20 bits per heavy atom. The van der Waals surface area contributed by atoms with E-state index in [2.05, 4.69) is 64.1 Å². The lowest BCUT2D eigenvalue weighted by molar-refractivity contribution is -0.120. The topological polar surface area (TPSA) is 44.4 Å². The van der Waals surface area contributed by atoms with Crippen molar-refractivity contribution in [3.05, 3.63) is 48.5 Å². The molecule has 1 amide bonds. The molecule has 0 bridgehead atoms. The van der Waals surface area contributed by atoms with Crippen LogP contribution in [0.4, 0.5) is 11.4 Å². The SMILES string of the molecule is CNCCCNC(=O)CCN1c2ccccc2Sc2ccccc21.Cl. The molecule has 4 nitrogen and oxygen atoms in total. The largest absolute Gasteiger partial charge is 0.356 e. The number of hydrogen-bond donors (Lipinski definition) is 2. The summed E-state index contributed by atoms with van der Waals surface area (Å²) in [4.78, 5) is 16.9. The van der Waals surface area contributed by atoms with Crippen molar-refractivity contribution in [1.82, 2.24) is 10.6 Å². The van der Waals surface area contributed by atoms with Crippen molar-refractivity contribution in [1.29, 1.82) is 0 Å². The number of carbonyl (C=O) groups is 1. The normalized spacial score (nSPS) is 12.0. The first-order valence-electron chi connectivity index (χ1n) is 8.34. The molecule has 2 N–H and O–H groups in total. The van der Waals surface area contributed by atoms with Gasteiger partial charge in [0.05, 0.1) is 11.4 Å². The van der Waals surface area contributed by atoms with Crippen LogP contribution in [0.5, 0.6) is 0 Å². The van der Waals surface area contributed by atoms with Crippen LogP contribution in [0.25, 0.3) is 0 Å². The first-order chi connectivity index (χ1) is 11.8. The molecule has 2 aromatic rings. The predicted molar refractivity (Wildman–Crippen MR) is 107 cm³/mol. The third-order valence-corrected chi connectivity index (χ3v) is 5.15. The van der Waals surface area contributed by atoms with Crippen molar-refractivity contribution >= 4 is 41.5 Å². The summed E-state index contributed by atoms with van der Waals surface area (Å²) in [6, 6.07) is 16.8. The molecule has 0 aliphatic carbocycles. The number of nitrogens with one attached hydrogen (secondary N) is 2. The number of para-hydroxylation sites is 2. The fourth-order valence-electron chi connectivity index (χ4n) is 2.82. The molecule has 1 aliphatic rings. The van der Waals surface area contributed by atoms with Gasteiger partial charge in [0.25, 0.3) is 0 Å². The Hall–Kier alpha value is -1.69. The highest BCUT2D eigenvalue weighted by atomic mass is 35.5. The number of anilines is 2. The lowest BCUT2D eigenvalue weighted by Crippen LogP contribution is -2.31. The molecule has 0 atom stereocenters. The Morgan fingerprint density at radius 1 is 1.00 bits per heavy atom. The Kier molecular flexibility index (Phi) is 7.62. The average molecular weight is 378 g/mol. The molecular formula is C19H24ClN3OS. The number of halogens is 1. The van der Waals surface area contributed by atoms with Crippen LogP contribution in [0.15, 0.2) is 58.3 Å². The summed E-state index contributed by atoms with van der Waals surface area (Å²) < 4.78 is 0. The van der Waals surface area contributed by atoms with Crippen molar-refractivity contribution < 1.29 is 4.79 Å². The molecule has 0 spiro atoms. The van der Waals surface area contributed by atoms with Crippen LogP contribution in [0.3, 0.4) is 0 Å². The van der Waals surface area contributed by atoms with Crippen LogP contribution < -0.4 is 15.5 Å². The summed E-state index contributed by atoms with van der Waals surface area (Å²) in [6.07, 6.45) is 1.45. The van der Waals surface area contributed by atoms with Gasteiger partial charge in [0, 0.05) is 29.3 Å². The van der Waals surface area contributed by atoms with Gasteiger partial charge in [-0.2, -0.15) is 0 Å². The third-order valence-electron chi connectivity index (χ3n) is 4.02. The number of benzene rings is 2. The van der Waals surface area contributed by atoms with Gasteiger partial charge in [0.1, 0.15) is 0 Å². The van der Waals surface area contributed by atoms with E-state index in [1.807, 2.05) is 7.05 Å². The Morgan fingerprint density at radius 2 is 1.60 bits per heavy atom. The lowest BCUT2D eigenvalue weighted by atomic mass is 10.2. The molecule has 1 aliphatic heterocycles. The molecule has 0 unspecified atom stereocenters. The van der Waals surface area contributed by atoms with Gasteiger partial charge in [-0.3, -0.25) is 4.79 Å². The first kappa shape index (κ1) is 19.6. The fourth-order valence-corrected chi connectivity index (χ4v) is 3.91. The summed E-state index contributed by atoms with van der Waals surface area (Å²) in [7, 11) is 1.92. The second-order valence-corrected chi connectivity index (χ2v) is 6.83. The number of fused-ring (bicyclic) bond motifs is 2. The molecule has 6 heteroatoms. The zero-order valence-corrected chi connectivity index (χ0v) is 16.0. The molecule has 0 saturated heterocycles. The summed E-state index contributed by atoms with van der Waals surface area (Å²) in [5.41, 5.74) is 2.37. The summed E-state index contributed by atoms with van der Waals surface area (Å²) in [5, 5.41) is 6.08. The summed E-state index contributed by atoms with van der Waals surface area (Å²) in [5.74, 6) is 0.110. The maximum absolute atomic E-state index is 12.1. The minimum absolute atomic E-state index is 0. The van der Waals surface area contributed by atoms with Crippen LogP contribution in [0, 0.1) is 0 Å². The van der Waals surface area contributed by atoms with Gasteiger partial charge in [-0.25, -0.2) is 0 Å². The molecule has 0 radical (unpaired) electrons. The van der Waals surface area contributed by atoms with Crippen molar-refractivity contribution in [3.63, 3.8) is 0 Å². The van der Waals surface area contributed by atoms with Crippen molar-refractivity contribution in [2.24, 2.45) is 0 Å². The lowest BCUT2D eigenvalue weighted by Gasteiger charge is -2.32. The number of amides is 1. The quantitative estimate of drug-likeness (QED) is 0.720. The van der Waals surface area contributed by atoms with E-state index >= 15 is 0 Å². The Labute approximate surface area is 159 Å². The number of hydrogen-bond acceptors (Lipinski definition) is 4. The van der Waals surface area contributed by atoms with Crippen molar-refractivity contribution in [3.8, 4) is 0 Å². The van der Waals surface area contributed by atoms with Gasteiger partial charge < -0.3 is 15.5 Å². The van der Waals surface area contributed by atoms with E-state index in [0.29, 0.717) is 13.0 Å². The molecule has 25 heavy (non-hydrogen) atoms. The number of nitrogens with zero attached hydrogens (tertiary/aromatic N) is 1. The minimum atomic E-state index is 0. The van der Waals surface area contributed by atoms with Gasteiger partial charge in [0.2, 0.25) is 5.91 Å². The van der Waals surface area contributed by atoms with E-state index in [0.717, 1.165) is 19.5 Å². The maximum Gasteiger partial charge on any atom is 0.221 e. The zero-order valence-electron chi connectivity index (χ0n) is 14.3. The molecule has 134 valence electrons. The Balaban J connectivity index is 0.00000225. The maximum atomic E-state index is 12.1. The molecular weight excluding hydrogens is 354 g/mol.